The van der Waals surface area contributed by atoms with Gasteiger partial charge in [0.2, 0.25) is 0 Å². The summed E-state index contributed by atoms with van der Waals surface area (Å²) >= 11 is 6.01. The maximum absolute atomic E-state index is 9.50. The summed E-state index contributed by atoms with van der Waals surface area (Å²) in [5, 5.41) is 9.78. The summed E-state index contributed by atoms with van der Waals surface area (Å²) in [6.07, 6.45) is 3.99. The van der Waals surface area contributed by atoms with Gasteiger partial charge in [0.05, 0.1) is 0 Å². The Morgan fingerprint density at radius 2 is 2.07 bits per heavy atom. The number of aryl methyl sites for hydroxylation is 1. The molecular formula is C12H17ClO. The predicted molar refractivity (Wildman–Crippen MR) is 61.0 cm³/mol. The number of benzene rings is 1. The Balaban J connectivity index is 2.35. The zero-order valence-corrected chi connectivity index (χ0v) is 9.30. The number of aromatic hydroxyl groups is 1. The van der Waals surface area contributed by atoms with Gasteiger partial charge in [-0.1, -0.05) is 25.1 Å². The lowest BCUT2D eigenvalue weighted by Crippen LogP contribution is -1.97. The van der Waals surface area contributed by atoms with Crippen LogP contribution in [0.25, 0.3) is 0 Å². The largest absolute Gasteiger partial charge is 0.508 e. The van der Waals surface area contributed by atoms with Gasteiger partial charge >= 0.3 is 0 Å². The van der Waals surface area contributed by atoms with Crippen molar-refractivity contribution in [1.82, 2.24) is 0 Å². The van der Waals surface area contributed by atoms with Gasteiger partial charge in [0.25, 0.3) is 0 Å². The van der Waals surface area contributed by atoms with Crippen molar-refractivity contribution >= 4 is 11.6 Å². The Bertz CT molecular complexity index is 273. The molecule has 0 aromatic heterocycles. The van der Waals surface area contributed by atoms with E-state index in [-0.39, 0.29) is 5.38 Å². The van der Waals surface area contributed by atoms with Gasteiger partial charge in [-0.25, -0.2) is 0 Å². The molecule has 0 saturated carbocycles. The normalized spacial score (nSPS) is 12.7. The fourth-order valence-corrected chi connectivity index (χ4v) is 1.59. The van der Waals surface area contributed by atoms with Crippen molar-refractivity contribution in [3.63, 3.8) is 0 Å². The second-order valence-electron chi connectivity index (χ2n) is 3.53. The van der Waals surface area contributed by atoms with Crippen LogP contribution in [0, 0.1) is 0 Å². The van der Waals surface area contributed by atoms with Gasteiger partial charge in [0, 0.05) is 5.38 Å². The molecule has 0 amide bonds. The molecule has 1 N–H and O–H groups in total. The molecule has 1 aromatic carbocycles. The fraction of sp³-hybridized carbons (Fsp3) is 0.500. The average molecular weight is 213 g/mol. The lowest BCUT2D eigenvalue weighted by Gasteiger charge is -2.06. The summed E-state index contributed by atoms with van der Waals surface area (Å²) in [4.78, 5) is 0. The lowest BCUT2D eigenvalue weighted by molar-refractivity contribution is 0.466. The van der Waals surface area contributed by atoms with Gasteiger partial charge < -0.3 is 5.11 Å². The van der Waals surface area contributed by atoms with E-state index >= 15 is 0 Å². The number of hydrogen-bond donors (Lipinski definition) is 1. The first-order chi connectivity index (χ1) is 6.74. The van der Waals surface area contributed by atoms with Crippen molar-refractivity contribution in [2.75, 3.05) is 0 Å². The monoisotopic (exact) mass is 212 g/mol. The van der Waals surface area contributed by atoms with Gasteiger partial charge in [0.1, 0.15) is 5.75 Å². The maximum Gasteiger partial charge on any atom is 0.118 e. The molecule has 14 heavy (non-hydrogen) atoms. The Morgan fingerprint density at radius 1 is 1.36 bits per heavy atom. The van der Waals surface area contributed by atoms with E-state index < -0.39 is 0 Å². The minimum absolute atomic E-state index is 0.279. The van der Waals surface area contributed by atoms with Crippen LogP contribution in [0.3, 0.4) is 0 Å². The van der Waals surface area contributed by atoms with Crippen LogP contribution in [-0.4, -0.2) is 10.5 Å². The summed E-state index contributed by atoms with van der Waals surface area (Å²) in [5.41, 5.74) is 1.02. The number of phenolic OH excluding ortho intramolecular Hbond substituents is 1. The molecule has 2 heteroatoms. The van der Waals surface area contributed by atoms with Crippen molar-refractivity contribution in [1.29, 1.82) is 0 Å². The lowest BCUT2D eigenvalue weighted by atomic mass is 10.1. The van der Waals surface area contributed by atoms with E-state index in [1.165, 1.54) is 0 Å². The van der Waals surface area contributed by atoms with E-state index in [0.717, 1.165) is 31.2 Å². The van der Waals surface area contributed by atoms with Crippen molar-refractivity contribution in [2.45, 2.75) is 38.0 Å². The molecule has 0 bridgehead atoms. The number of alkyl halides is 1. The van der Waals surface area contributed by atoms with Gasteiger partial charge in [0.15, 0.2) is 0 Å². The SMILES string of the molecule is CCC(Cl)CCCc1ccccc1O. The fourth-order valence-electron chi connectivity index (χ4n) is 1.44. The molecule has 1 rings (SSSR count). The Kier molecular flexibility index (Phi) is 4.81. The van der Waals surface area contributed by atoms with Crippen LogP contribution in [-0.2, 0) is 6.42 Å². The first-order valence-corrected chi connectivity index (χ1v) is 5.58. The van der Waals surface area contributed by atoms with Crippen LogP contribution in [0.2, 0.25) is 0 Å². The Hall–Kier alpha value is -0.690. The minimum atomic E-state index is 0.279. The van der Waals surface area contributed by atoms with Crippen molar-refractivity contribution in [3.05, 3.63) is 29.8 Å². The summed E-state index contributed by atoms with van der Waals surface area (Å²) in [6, 6.07) is 7.49. The van der Waals surface area contributed by atoms with Crippen LogP contribution >= 0.6 is 11.6 Å². The Morgan fingerprint density at radius 3 is 2.71 bits per heavy atom. The number of halogens is 1. The molecule has 0 spiro atoms. The molecule has 0 aliphatic carbocycles. The first-order valence-electron chi connectivity index (χ1n) is 5.15. The second kappa shape index (κ2) is 5.92. The molecule has 1 aromatic rings. The smallest absolute Gasteiger partial charge is 0.118 e. The number of rotatable bonds is 5. The highest BCUT2D eigenvalue weighted by molar-refractivity contribution is 6.20. The zero-order valence-electron chi connectivity index (χ0n) is 8.54. The van der Waals surface area contributed by atoms with E-state index in [4.69, 9.17) is 11.6 Å². The molecule has 1 nitrogen and oxygen atoms in total. The topological polar surface area (TPSA) is 20.2 Å². The molecule has 0 aliphatic heterocycles. The first kappa shape index (κ1) is 11.4. The predicted octanol–water partition coefficient (Wildman–Crippen LogP) is 3.73. The van der Waals surface area contributed by atoms with Gasteiger partial charge in [-0.05, 0) is 37.3 Å². The quantitative estimate of drug-likeness (QED) is 0.738. The number of phenols is 1. The van der Waals surface area contributed by atoms with Crippen molar-refractivity contribution in [3.8, 4) is 5.75 Å². The molecule has 1 unspecified atom stereocenters. The van der Waals surface area contributed by atoms with Crippen LogP contribution in [0.15, 0.2) is 24.3 Å². The van der Waals surface area contributed by atoms with E-state index in [2.05, 4.69) is 6.92 Å². The standard InChI is InChI=1S/C12H17ClO/c1-2-11(13)8-5-7-10-6-3-4-9-12(10)14/h3-4,6,9,11,14H,2,5,7-8H2,1H3. The zero-order chi connectivity index (χ0) is 10.4. The van der Waals surface area contributed by atoms with Gasteiger partial charge in [-0.15, -0.1) is 11.6 Å². The highest BCUT2D eigenvalue weighted by Gasteiger charge is 2.03. The summed E-state index contributed by atoms with van der Waals surface area (Å²) in [6.45, 7) is 2.09. The summed E-state index contributed by atoms with van der Waals surface area (Å²) in [7, 11) is 0. The van der Waals surface area contributed by atoms with Crippen molar-refractivity contribution < 1.29 is 5.11 Å². The highest BCUT2D eigenvalue weighted by atomic mass is 35.5. The molecule has 0 fully saturated rings. The molecule has 78 valence electrons. The van der Waals surface area contributed by atoms with Gasteiger partial charge in [-0.2, -0.15) is 0 Å². The molecule has 1 atom stereocenters. The highest BCUT2D eigenvalue weighted by Crippen LogP contribution is 2.19. The Labute approximate surface area is 90.7 Å². The molecule has 0 saturated heterocycles. The van der Waals surface area contributed by atoms with E-state index in [1.54, 1.807) is 6.07 Å². The summed E-state index contributed by atoms with van der Waals surface area (Å²) in [5.74, 6) is 0.398. The van der Waals surface area contributed by atoms with Crippen molar-refractivity contribution in [2.24, 2.45) is 0 Å². The molecule has 0 aliphatic rings. The third kappa shape index (κ3) is 3.59. The second-order valence-corrected chi connectivity index (χ2v) is 4.14. The van der Waals surface area contributed by atoms with Crippen LogP contribution in [0.1, 0.15) is 31.7 Å². The van der Waals surface area contributed by atoms with E-state index in [1.807, 2.05) is 18.2 Å². The molecule has 0 radical (unpaired) electrons. The summed E-state index contributed by atoms with van der Waals surface area (Å²) < 4.78 is 0. The van der Waals surface area contributed by atoms with E-state index in [0.29, 0.717) is 5.75 Å². The molecule has 0 heterocycles. The third-order valence-corrected chi connectivity index (χ3v) is 2.92. The van der Waals surface area contributed by atoms with Crippen LogP contribution in [0.5, 0.6) is 5.75 Å². The minimum Gasteiger partial charge on any atom is -0.508 e. The third-order valence-electron chi connectivity index (χ3n) is 2.40. The average Bonchev–Trinajstić information content (AvgIpc) is 2.20. The molecular weight excluding hydrogens is 196 g/mol. The van der Waals surface area contributed by atoms with Crippen LogP contribution < -0.4 is 0 Å². The number of para-hydroxylation sites is 1. The van der Waals surface area contributed by atoms with Gasteiger partial charge in [-0.3, -0.25) is 0 Å². The number of hydrogen-bond acceptors (Lipinski definition) is 1. The van der Waals surface area contributed by atoms with Crippen LogP contribution in [0.4, 0.5) is 0 Å². The maximum atomic E-state index is 9.50. The van der Waals surface area contributed by atoms with E-state index in [9.17, 15) is 5.11 Å².